The number of ether oxygens (including phenoxy) is 1. The van der Waals surface area contributed by atoms with Gasteiger partial charge in [0.05, 0.1) is 12.8 Å². The minimum absolute atomic E-state index is 0.509. The summed E-state index contributed by atoms with van der Waals surface area (Å²) in [4.78, 5) is 8.86. The van der Waals surface area contributed by atoms with Crippen LogP contribution in [0.2, 0.25) is 0 Å². The third-order valence-corrected chi connectivity index (χ3v) is 3.02. The van der Waals surface area contributed by atoms with Gasteiger partial charge in [-0.3, -0.25) is 0 Å². The summed E-state index contributed by atoms with van der Waals surface area (Å²) in [5.74, 6) is 1.42. The Labute approximate surface area is 116 Å². The van der Waals surface area contributed by atoms with E-state index in [4.69, 9.17) is 14.9 Å². The molecule has 0 radical (unpaired) electrons. The van der Waals surface area contributed by atoms with Crippen molar-refractivity contribution < 1.29 is 9.15 Å². The highest BCUT2D eigenvalue weighted by Gasteiger charge is 2.08. The largest absolute Gasteiger partial charge is 0.497 e. The number of aromatic nitrogens is 2. The van der Waals surface area contributed by atoms with Crippen LogP contribution in [0.4, 0.5) is 0 Å². The van der Waals surface area contributed by atoms with Gasteiger partial charge < -0.3 is 14.9 Å². The van der Waals surface area contributed by atoms with Crippen LogP contribution >= 0.6 is 0 Å². The highest BCUT2D eigenvalue weighted by Crippen LogP contribution is 2.24. The van der Waals surface area contributed by atoms with Crippen molar-refractivity contribution in [3.8, 4) is 17.0 Å². The highest BCUT2D eigenvalue weighted by molar-refractivity contribution is 5.73. The van der Waals surface area contributed by atoms with Crippen molar-refractivity contribution in [2.24, 2.45) is 5.73 Å². The van der Waals surface area contributed by atoms with Crippen molar-refractivity contribution in [1.82, 2.24) is 9.97 Å². The average Bonchev–Trinajstić information content (AvgIpc) is 2.89. The number of oxazole rings is 1. The molecule has 0 atom stereocenters. The minimum atomic E-state index is 0.509. The molecule has 0 aliphatic rings. The second-order valence-electron chi connectivity index (χ2n) is 4.40. The van der Waals surface area contributed by atoms with Gasteiger partial charge in [0.2, 0.25) is 0 Å². The van der Waals surface area contributed by atoms with Crippen molar-refractivity contribution in [2.75, 3.05) is 13.7 Å². The first kappa shape index (κ1) is 12.6. The number of methoxy groups -OCH3 is 1. The number of nitrogens with zero attached hydrogens (tertiary/aromatic N) is 2. The van der Waals surface area contributed by atoms with Crippen LogP contribution in [0.25, 0.3) is 22.5 Å². The van der Waals surface area contributed by atoms with E-state index < -0.39 is 0 Å². The topological polar surface area (TPSA) is 74.2 Å². The van der Waals surface area contributed by atoms with Crippen LogP contribution in [-0.2, 0) is 6.42 Å². The van der Waals surface area contributed by atoms with Crippen molar-refractivity contribution in [1.29, 1.82) is 0 Å². The number of rotatable bonds is 4. The third-order valence-electron chi connectivity index (χ3n) is 3.02. The van der Waals surface area contributed by atoms with E-state index in [-0.39, 0.29) is 0 Å². The molecule has 1 aromatic carbocycles. The van der Waals surface area contributed by atoms with Crippen molar-refractivity contribution in [3.63, 3.8) is 0 Å². The van der Waals surface area contributed by atoms with Gasteiger partial charge in [-0.1, -0.05) is 12.1 Å². The summed E-state index contributed by atoms with van der Waals surface area (Å²) >= 11 is 0. The molecule has 0 fully saturated rings. The molecule has 0 spiro atoms. The normalized spacial score (nSPS) is 10.9. The Morgan fingerprint density at radius 2 is 2.10 bits per heavy atom. The van der Waals surface area contributed by atoms with Crippen molar-refractivity contribution >= 4 is 11.2 Å². The summed E-state index contributed by atoms with van der Waals surface area (Å²) in [5.41, 5.74) is 8.61. The molecule has 3 rings (SSSR count). The number of pyridine rings is 1. The molecule has 20 heavy (non-hydrogen) atoms. The molecule has 2 N–H and O–H groups in total. The smallest absolute Gasteiger partial charge is 0.199 e. The summed E-state index contributed by atoms with van der Waals surface area (Å²) in [6.45, 7) is 0.509. The molecule has 0 saturated heterocycles. The van der Waals surface area contributed by atoms with Gasteiger partial charge in [0.25, 0.3) is 0 Å². The molecule has 102 valence electrons. The van der Waals surface area contributed by atoms with Crippen LogP contribution in [0.15, 0.2) is 40.8 Å². The second kappa shape index (κ2) is 5.30. The van der Waals surface area contributed by atoms with Gasteiger partial charge in [0.15, 0.2) is 17.1 Å². The predicted molar refractivity (Wildman–Crippen MR) is 76.6 cm³/mol. The monoisotopic (exact) mass is 269 g/mol. The zero-order chi connectivity index (χ0) is 13.9. The number of nitrogens with two attached hydrogens (primary N) is 1. The minimum Gasteiger partial charge on any atom is -0.497 e. The fraction of sp³-hybridized carbons (Fsp3) is 0.200. The molecule has 2 aromatic heterocycles. The summed E-state index contributed by atoms with van der Waals surface area (Å²) in [7, 11) is 1.65. The van der Waals surface area contributed by atoms with Gasteiger partial charge in [0, 0.05) is 18.5 Å². The zero-order valence-electron chi connectivity index (χ0n) is 11.2. The lowest BCUT2D eigenvalue weighted by atomic mass is 10.1. The van der Waals surface area contributed by atoms with Crippen LogP contribution in [0.5, 0.6) is 5.75 Å². The average molecular weight is 269 g/mol. The first-order valence-corrected chi connectivity index (χ1v) is 6.41. The molecular weight excluding hydrogens is 254 g/mol. The number of hydrogen-bond acceptors (Lipinski definition) is 5. The molecule has 5 nitrogen and oxygen atoms in total. The van der Waals surface area contributed by atoms with Gasteiger partial charge in [-0.2, -0.15) is 4.98 Å². The Morgan fingerprint density at radius 3 is 2.90 bits per heavy atom. The van der Waals surface area contributed by atoms with Gasteiger partial charge in [0.1, 0.15) is 5.75 Å². The van der Waals surface area contributed by atoms with Crippen molar-refractivity contribution in [2.45, 2.75) is 6.42 Å². The number of fused-ring (bicyclic) bond motifs is 1. The maximum atomic E-state index is 5.57. The van der Waals surface area contributed by atoms with E-state index in [1.807, 2.05) is 36.4 Å². The SMILES string of the molecule is COc1cccc(-c2ccc3oc(CCN)nc3n2)c1. The summed E-state index contributed by atoms with van der Waals surface area (Å²) < 4.78 is 10.8. The Balaban J connectivity index is 2.03. The van der Waals surface area contributed by atoms with E-state index in [1.165, 1.54) is 0 Å². The van der Waals surface area contributed by atoms with E-state index in [2.05, 4.69) is 9.97 Å². The lowest BCUT2D eigenvalue weighted by Gasteiger charge is -2.03. The Kier molecular flexibility index (Phi) is 3.35. The molecule has 0 amide bonds. The van der Waals surface area contributed by atoms with E-state index in [0.717, 1.165) is 17.0 Å². The Morgan fingerprint density at radius 1 is 1.20 bits per heavy atom. The quantitative estimate of drug-likeness (QED) is 0.787. The molecule has 5 heteroatoms. The van der Waals surface area contributed by atoms with Crippen LogP contribution < -0.4 is 10.5 Å². The maximum absolute atomic E-state index is 5.57. The lowest BCUT2D eigenvalue weighted by molar-refractivity contribution is 0.415. The Bertz CT molecular complexity index is 737. The standard InChI is InChI=1S/C15H15N3O2/c1-19-11-4-2-3-10(9-11)12-5-6-13-15(17-12)18-14(20-13)7-8-16/h2-6,9H,7-8,16H2,1H3. The maximum Gasteiger partial charge on any atom is 0.199 e. The fourth-order valence-corrected chi connectivity index (χ4v) is 2.04. The lowest BCUT2D eigenvalue weighted by Crippen LogP contribution is -2.02. The third kappa shape index (κ3) is 2.35. The van der Waals surface area contributed by atoms with Crippen LogP contribution in [0.1, 0.15) is 5.89 Å². The molecule has 0 saturated carbocycles. The predicted octanol–water partition coefficient (Wildman–Crippen LogP) is 2.40. The van der Waals surface area contributed by atoms with Gasteiger partial charge in [-0.25, -0.2) is 4.98 Å². The van der Waals surface area contributed by atoms with E-state index in [9.17, 15) is 0 Å². The van der Waals surface area contributed by atoms with Crippen LogP contribution in [0.3, 0.4) is 0 Å². The molecule has 2 heterocycles. The molecule has 0 aliphatic heterocycles. The molecular formula is C15H15N3O2. The van der Waals surface area contributed by atoms with E-state index in [1.54, 1.807) is 7.11 Å². The summed E-state index contributed by atoms with van der Waals surface area (Å²) in [5, 5.41) is 0. The highest BCUT2D eigenvalue weighted by atomic mass is 16.5. The first-order chi connectivity index (χ1) is 9.80. The summed E-state index contributed by atoms with van der Waals surface area (Å²) in [6, 6.07) is 11.5. The van der Waals surface area contributed by atoms with Crippen LogP contribution in [0, 0.1) is 0 Å². The van der Waals surface area contributed by atoms with Gasteiger partial charge in [-0.15, -0.1) is 0 Å². The molecule has 3 aromatic rings. The Hall–Kier alpha value is -2.40. The number of hydrogen-bond donors (Lipinski definition) is 1. The molecule has 0 bridgehead atoms. The fourth-order valence-electron chi connectivity index (χ4n) is 2.04. The van der Waals surface area contributed by atoms with Crippen molar-refractivity contribution in [3.05, 3.63) is 42.3 Å². The first-order valence-electron chi connectivity index (χ1n) is 6.41. The van der Waals surface area contributed by atoms with E-state index in [0.29, 0.717) is 30.1 Å². The second-order valence-corrected chi connectivity index (χ2v) is 4.40. The molecule has 0 aliphatic carbocycles. The summed E-state index contributed by atoms with van der Waals surface area (Å²) in [6.07, 6.45) is 0.616. The van der Waals surface area contributed by atoms with E-state index >= 15 is 0 Å². The van der Waals surface area contributed by atoms with Gasteiger partial charge in [-0.05, 0) is 24.3 Å². The van der Waals surface area contributed by atoms with Crippen LogP contribution in [-0.4, -0.2) is 23.6 Å². The zero-order valence-corrected chi connectivity index (χ0v) is 11.2. The number of benzene rings is 1. The molecule has 0 unspecified atom stereocenters. The van der Waals surface area contributed by atoms with Gasteiger partial charge >= 0.3 is 0 Å².